The molecule has 1 aromatic heterocycles. The fourth-order valence-corrected chi connectivity index (χ4v) is 4.51. The molecule has 178 valence electrons. The highest BCUT2D eigenvalue weighted by Gasteiger charge is 2.28. The van der Waals surface area contributed by atoms with Crippen LogP contribution in [0.4, 0.5) is 16.3 Å². The average Bonchev–Trinajstić information content (AvgIpc) is 2.72. The number of hydrogen-bond acceptors (Lipinski definition) is 7. The smallest absolute Gasteiger partial charge is 0.410 e. The molecular weight excluding hydrogens is 448 g/mol. The number of anilines is 2. The maximum atomic E-state index is 12.8. The number of ether oxygens (including phenoxy) is 1. The molecule has 1 saturated heterocycles. The minimum atomic E-state index is -3.83. The Bertz CT molecular complexity index is 1110. The largest absolute Gasteiger partial charge is 0.478 e. The van der Waals surface area contributed by atoms with Gasteiger partial charge in [0.1, 0.15) is 5.60 Å². The maximum absolute atomic E-state index is 12.8. The summed E-state index contributed by atoms with van der Waals surface area (Å²) in [6.45, 7) is 6.85. The lowest BCUT2D eigenvalue weighted by Gasteiger charge is -2.36. The van der Waals surface area contributed by atoms with E-state index >= 15 is 0 Å². The van der Waals surface area contributed by atoms with E-state index in [-0.39, 0.29) is 17.0 Å². The first kappa shape index (κ1) is 24.3. The summed E-state index contributed by atoms with van der Waals surface area (Å²) in [5, 5.41) is 9.34. The number of sulfonamides is 1. The first-order valence-electron chi connectivity index (χ1n) is 10.4. The summed E-state index contributed by atoms with van der Waals surface area (Å²) in [4.78, 5) is 31.4. The van der Waals surface area contributed by atoms with Gasteiger partial charge in [-0.2, -0.15) is 0 Å². The van der Waals surface area contributed by atoms with Crippen LogP contribution in [0.3, 0.4) is 0 Å². The van der Waals surface area contributed by atoms with E-state index in [1.807, 2.05) is 4.90 Å². The highest BCUT2D eigenvalue weighted by molar-refractivity contribution is 7.91. The molecule has 2 aromatic rings. The average molecular weight is 477 g/mol. The van der Waals surface area contributed by atoms with Gasteiger partial charge in [-0.3, -0.25) is 4.72 Å². The highest BCUT2D eigenvalue weighted by atomic mass is 32.2. The van der Waals surface area contributed by atoms with Crippen molar-refractivity contribution in [2.24, 2.45) is 0 Å². The lowest BCUT2D eigenvalue weighted by Crippen LogP contribution is -2.50. The first-order chi connectivity index (χ1) is 15.4. The van der Waals surface area contributed by atoms with Gasteiger partial charge in [-0.1, -0.05) is 30.3 Å². The fraction of sp³-hybridized carbons (Fsp3) is 0.409. The Morgan fingerprint density at radius 1 is 1.12 bits per heavy atom. The van der Waals surface area contributed by atoms with Crippen molar-refractivity contribution in [3.8, 4) is 0 Å². The molecule has 0 aliphatic carbocycles. The van der Waals surface area contributed by atoms with E-state index in [0.29, 0.717) is 37.6 Å². The third-order valence-electron chi connectivity index (χ3n) is 4.81. The van der Waals surface area contributed by atoms with E-state index in [1.54, 1.807) is 56.0 Å². The second kappa shape index (κ2) is 9.65. The van der Waals surface area contributed by atoms with Crippen molar-refractivity contribution in [3.05, 3.63) is 53.7 Å². The zero-order valence-electron chi connectivity index (χ0n) is 18.8. The van der Waals surface area contributed by atoms with Crippen molar-refractivity contribution in [1.82, 2.24) is 9.88 Å². The van der Waals surface area contributed by atoms with E-state index in [9.17, 15) is 23.1 Å². The van der Waals surface area contributed by atoms with Crippen molar-refractivity contribution in [1.29, 1.82) is 0 Å². The maximum Gasteiger partial charge on any atom is 0.410 e. The number of carboxylic acid groups (broad SMARTS) is 1. The number of benzene rings is 1. The van der Waals surface area contributed by atoms with Crippen molar-refractivity contribution in [2.75, 3.05) is 35.8 Å². The number of hydrogen-bond donors (Lipinski definition) is 2. The number of nitrogens with one attached hydrogen (secondary N) is 1. The lowest BCUT2D eigenvalue weighted by atomic mass is 10.2. The molecule has 0 spiro atoms. The SMILES string of the molecule is CC(C)(C)OC(=O)N1CCN(c2ncc(C(=O)O)cc2NS(=O)(=O)Cc2ccccc2)CC1. The summed E-state index contributed by atoms with van der Waals surface area (Å²) >= 11 is 0. The van der Waals surface area contributed by atoms with Gasteiger partial charge < -0.3 is 19.6 Å². The molecule has 0 bridgehead atoms. The number of pyridine rings is 1. The van der Waals surface area contributed by atoms with Crippen molar-refractivity contribution < 1.29 is 27.9 Å². The monoisotopic (exact) mass is 476 g/mol. The molecule has 1 aliphatic rings. The van der Waals surface area contributed by atoms with E-state index in [4.69, 9.17) is 4.74 Å². The number of carboxylic acids is 1. The zero-order chi connectivity index (χ0) is 24.2. The molecule has 11 heteroatoms. The van der Waals surface area contributed by atoms with E-state index in [0.717, 1.165) is 0 Å². The normalized spacial score (nSPS) is 14.6. The summed E-state index contributed by atoms with van der Waals surface area (Å²) in [5.74, 6) is -1.18. The Morgan fingerprint density at radius 2 is 1.76 bits per heavy atom. The van der Waals surface area contributed by atoms with Crippen molar-refractivity contribution in [2.45, 2.75) is 32.1 Å². The number of nitrogens with zero attached hydrogens (tertiary/aromatic N) is 3. The zero-order valence-corrected chi connectivity index (χ0v) is 19.6. The van der Waals surface area contributed by atoms with Gasteiger partial charge >= 0.3 is 12.1 Å². The molecular formula is C22H28N4O6S. The summed E-state index contributed by atoms with van der Waals surface area (Å²) in [7, 11) is -3.83. The van der Waals surface area contributed by atoms with Gasteiger partial charge in [0.2, 0.25) is 10.0 Å². The number of rotatable bonds is 6. The second-order valence-corrected chi connectivity index (χ2v) is 10.4. The molecule has 1 amide bonds. The lowest BCUT2D eigenvalue weighted by molar-refractivity contribution is 0.0240. The second-order valence-electron chi connectivity index (χ2n) is 8.70. The molecule has 0 unspecified atom stereocenters. The van der Waals surface area contributed by atoms with Crippen molar-refractivity contribution >= 4 is 33.6 Å². The van der Waals surface area contributed by atoms with Crippen LogP contribution >= 0.6 is 0 Å². The van der Waals surface area contributed by atoms with Crippen LogP contribution in [0.25, 0.3) is 0 Å². The van der Waals surface area contributed by atoms with Crippen LogP contribution < -0.4 is 9.62 Å². The predicted molar refractivity (Wildman–Crippen MR) is 124 cm³/mol. The Balaban J connectivity index is 1.79. The van der Waals surface area contributed by atoms with Crippen LogP contribution in [-0.2, 0) is 20.5 Å². The van der Waals surface area contributed by atoms with Gasteiger partial charge in [-0.05, 0) is 32.4 Å². The molecule has 2 N–H and O–H groups in total. The van der Waals surface area contributed by atoms with Crippen molar-refractivity contribution in [3.63, 3.8) is 0 Å². The molecule has 3 rings (SSSR count). The van der Waals surface area contributed by atoms with Gasteiger partial charge in [-0.25, -0.2) is 23.0 Å². The van der Waals surface area contributed by atoms with Gasteiger partial charge in [0.15, 0.2) is 5.82 Å². The van der Waals surface area contributed by atoms with Crippen LogP contribution in [0.5, 0.6) is 0 Å². The Hall–Kier alpha value is -3.34. The molecule has 33 heavy (non-hydrogen) atoms. The number of aromatic carboxylic acids is 1. The molecule has 0 atom stereocenters. The molecule has 0 saturated carbocycles. The molecule has 1 aliphatic heterocycles. The molecule has 1 aromatic carbocycles. The van der Waals surface area contributed by atoms with E-state index in [1.165, 1.54) is 12.3 Å². The standard InChI is InChI=1S/C22H28N4O6S/c1-22(2,3)32-21(29)26-11-9-25(10-12-26)19-18(13-17(14-23-19)20(27)28)24-33(30,31)15-16-7-5-4-6-8-16/h4-8,13-14,24H,9-12,15H2,1-3H3,(H,27,28). The molecule has 0 radical (unpaired) electrons. The summed E-state index contributed by atoms with van der Waals surface area (Å²) in [6.07, 6.45) is 0.771. The third kappa shape index (κ3) is 6.82. The number of carbonyl (C=O) groups is 2. The Morgan fingerprint density at radius 3 is 2.33 bits per heavy atom. The van der Waals surface area contributed by atoms with Crippen LogP contribution in [0.15, 0.2) is 42.6 Å². The number of piperazine rings is 1. The number of carbonyl (C=O) groups excluding carboxylic acids is 1. The van der Waals surface area contributed by atoms with Gasteiger partial charge in [0.05, 0.1) is 17.0 Å². The minimum Gasteiger partial charge on any atom is -0.478 e. The first-order valence-corrected chi connectivity index (χ1v) is 12.1. The topological polar surface area (TPSA) is 129 Å². The third-order valence-corrected chi connectivity index (χ3v) is 6.05. The summed E-state index contributed by atoms with van der Waals surface area (Å²) in [5.41, 5.74) is -0.0629. The summed E-state index contributed by atoms with van der Waals surface area (Å²) in [6, 6.07) is 9.93. The highest BCUT2D eigenvalue weighted by Crippen LogP contribution is 2.27. The van der Waals surface area contributed by atoms with E-state index in [2.05, 4.69) is 9.71 Å². The molecule has 2 heterocycles. The molecule has 10 nitrogen and oxygen atoms in total. The van der Waals surface area contributed by atoms with Gasteiger partial charge in [0.25, 0.3) is 0 Å². The van der Waals surface area contributed by atoms with E-state index < -0.39 is 27.7 Å². The quantitative estimate of drug-likeness (QED) is 0.651. The Kier molecular flexibility index (Phi) is 7.11. The van der Waals surface area contributed by atoms with Crippen LogP contribution in [0.1, 0.15) is 36.7 Å². The van der Waals surface area contributed by atoms with Gasteiger partial charge in [-0.15, -0.1) is 0 Å². The Labute approximate surface area is 193 Å². The summed E-state index contributed by atoms with van der Waals surface area (Å²) < 4.78 is 33.5. The molecule has 1 fully saturated rings. The van der Waals surface area contributed by atoms with Crippen LogP contribution in [0, 0.1) is 0 Å². The van der Waals surface area contributed by atoms with Crippen LogP contribution in [0.2, 0.25) is 0 Å². The van der Waals surface area contributed by atoms with Crippen LogP contribution in [-0.4, -0.2) is 67.3 Å². The predicted octanol–water partition coefficient (Wildman–Crippen LogP) is 2.78. The fourth-order valence-electron chi connectivity index (χ4n) is 3.33. The van der Waals surface area contributed by atoms with Gasteiger partial charge in [0, 0.05) is 32.4 Å². The number of aromatic nitrogens is 1. The minimum absolute atomic E-state index is 0.0801. The number of amides is 1.